The van der Waals surface area contributed by atoms with Gasteiger partial charge >= 0.3 is 0 Å². The maximum atomic E-state index is 12.5. The third kappa shape index (κ3) is 2.97. The van der Waals surface area contributed by atoms with Crippen molar-refractivity contribution >= 4 is 28.0 Å². The number of carbonyl (C=O) groups is 1. The van der Waals surface area contributed by atoms with Gasteiger partial charge in [-0.2, -0.15) is 0 Å². The molecule has 7 heteroatoms. The van der Waals surface area contributed by atoms with Crippen LogP contribution in [0.4, 0.5) is 5.82 Å². The normalized spacial score (nSPS) is 10.8. The van der Waals surface area contributed by atoms with Gasteiger partial charge in [0.2, 0.25) is 0 Å². The number of nitrogens with zero attached hydrogens (tertiary/aromatic N) is 3. The van der Waals surface area contributed by atoms with E-state index in [2.05, 4.69) is 15.3 Å². The van der Waals surface area contributed by atoms with E-state index in [1.54, 1.807) is 35.2 Å². The van der Waals surface area contributed by atoms with Gasteiger partial charge in [-0.25, -0.2) is 9.97 Å². The average molecular weight is 350 g/mol. The summed E-state index contributed by atoms with van der Waals surface area (Å²) in [6.07, 6.45) is 3.49. The molecule has 0 unspecified atom stereocenters. The maximum Gasteiger partial charge on any atom is 0.274 e. The Hall–Kier alpha value is -3.19. The molecule has 0 bridgehead atoms. The molecule has 0 aliphatic carbocycles. The van der Waals surface area contributed by atoms with E-state index in [0.717, 1.165) is 22.0 Å². The lowest BCUT2D eigenvalue weighted by Crippen LogP contribution is -2.14. The fraction of sp³-hybridized carbons (Fsp3) is 0.0556. The van der Waals surface area contributed by atoms with Crippen molar-refractivity contribution in [2.45, 2.75) is 0 Å². The molecular formula is C18H14N4O2S. The molecule has 1 N–H and O–H groups in total. The third-order valence-corrected chi connectivity index (χ3v) is 4.55. The number of rotatable bonds is 4. The van der Waals surface area contributed by atoms with E-state index in [4.69, 9.17) is 4.74 Å². The number of anilines is 1. The zero-order chi connectivity index (χ0) is 17.2. The van der Waals surface area contributed by atoms with E-state index >= 15 is 0 Å². The Morgan fingerprint density at radius 1 is 1.24 bits per heavy atom. The van der Waals surface area contributed by atoms with E-state index in [-0.39, 0.29) is 5.91 Å². The SMILES string of the molecule is COc1cccc(-c2cn3c(C(=O)Nc4ccccn4)csc3n2)c1. The van der Waals surface area contributed by atoms with Crippen LogP contribution in [0.25, 0.3) is 16.2 Å². The summed E-state index contributed by atoms with van der Waals surface area (Å²) in [7, 11) is 1.63. The van der Waals surface area contributed by atoms with Gasteiger partial charge in [-0.3, -0.25) is 9.20 Å². The lowest BCUT2D eigenvalue weighted by molar-refractivity contribution is 0.102. The second-order valence-corrected chi connectivity index (χ2v) is 6.14. The summed E-state index contributed by atoms with van der Waals surface area (Å²) in [5.74, 6) is 1.06. The highest BCUT2D eigenvalue weighted by atomic mass is 32.1. The summed E-state index contributed by atoms with van der Waals surface area (Å²) >= 11 is 1.42. The van der Waals surface area contributed by atoms with Crippen LogP contribution in [0.3, 0.4) is 0 Å². The van der Waals surface area contributed by atoms with Crippen LogP contribution >= 0.6 is 11.3 Å². The quantitative estimate of drug-likeness (QED) is 0.609. The predicted molar refractivity (Wildman–Crippen MR) is 97.2 cm³/mol. The summed E-state index contributed by atoms with van der Waals surface area (Å²) < 4.78 is 7.05. The number of nitrogens with one attached hydrogen (secondary N) is 1. The topological polar surface area (TPSA) is 68.5 Å². The standard InChI is InChI=1S/C18H14N4O2S/c1-24-13-6-4-5-12(9-13)14-10-22-15(11-25-18(22)20-14)17(23)21-16-7-2-3-8-19-16/h2-11H,1H3,(H,19,21,23). The van der Waals surface area contributed by atoms with Gasteiger partial charge in [-0.15, -0.1) is 11.3 Å². The van der Waals surface area contributed by atoms with E-state index in [9.17, 15) is 4.79 Å². The molecule has 124 valence electrons. The Morgan fingerprint density at radius 2 is 2.16 bits per heavy atom. The minimum Gasteiger partial charge on any atom is -0.497 e. The minimum absolute atomic E-state index is 0.223. The lowest BCUT2D eigenvalue weighted by Gasteiger charge is -2.03. The molecule has 0 aliphatic rings. The molecule has 1 aromatic carbocycles. The zero-order valence-corrected chi connectivity index (χ0v) is 14.2. The van der Waals surface area contributed by atoms with Crippen LogP contribution in [-0.4, -0.2) is 27.4 Å². The zero-order valence-electron chi connectivity index (χ0n) is 13.3. The van der Waals surface area contributed by atoms with Gasteiger partial charge in [0.25, 0.3) is 5.91 Å². The number of ether oxygens (including phenoxy) is 1. The molecule has 0 fully saturated rings. The van der Waals surface area contributed by atoms with E-state index in [1.807, 2.05) is 36.5 Å². The van der Waals surface area contributed by atoms with E-state index < -0.39 is 0 Å². The number of amides is 1. The minimum atomic E-state index is -0.223. The van der Waals surface area contributed by atoms with Crippen LogP contribution in [0.1, 0.15) is 10.5 Å². The number of hydrogen-bond donors (Lipinski definition) is 1. The van der Waals surface area contributed by atoms with Crippen LogP contribution in [0, 0.1) is 0 Å². The summed E-state index contributed by atoms with van der Waals surface area (Å²) in [4.78, 5) is 22.0. The molecule has 0 saturated carbocycles. The number of carbonyl (C=O) groups excluding carboxylic acids is 1. The first-order valence-corrected chi connectivity index (χ1v) is 8.46. The van der Waals surface area contributed by atoms with Gasteiger partial charge in [0, 0.05) is 23.3 Å². The molecule has 0 aliphatic heterocycles. The number of methoxy groups -OCH3 is 1. The molecule has 3 aromatic heterocycles. The van der Waals surface area contributed by atoms with E-state index in [0.29, 0.717) is 11.5 Å². The van der Waals surface area contributed by atoms with Crippen molar-refractivity contribution in [2.24, 2.45) is 0 Å². The first kappa shape index (κ1) is 15.3. The van der Waals surface area contributed by atoms with Gasteiger partial charge < -0.3 is 10.1 Å². The molecule has 4 rings (SSSR count). The molecular weight excluding hydrogens is 336 g/mol. The van der Waals surface area contributed by atoms with Crippen molar-refractivity contribution in [1.29, 1.82) is 0 Å². The number of hydrogen-bond acceptors (Lipinski definition) is 5. The van der Waals surface area contributed by atoms with Crippen molar-refractivity contribution in [3.8, 4) is 17.0 Å². The highest BCUT2D eigenvalue weighted by molar-refractivity contribution is 7.15. The Kier molecular flexibility index (Phi) is 3.91. The number of fused-ring (bicyclic) bond motifs is 1. The molecule has 25 heavy (non-hydrogen) atoms. The third-order valence-electron chi connectivity index (χ3n) is 3.71. The van der Waals surface area contributed by atoms with Gasteiger partial charge in [0.05, 0.1) is 12.8 Å². The second-order valence-electron chi connectivity index (χ2n) is 5.30. The van der Waals surface area contributed by atoms with Gasteiger partial charge in [0.1, 0.15) is 17.3 Å². The smallest absolute Gasteiger partial charge is 0.274 e. The molecule has 0 atom stereocenters. The van der Waals surface area contributed by atoms with Crippen LogP contribution in [-0.2, 0) is 0 Å². The molecule has 4 aromatic rings. The van der Waals surface area contributed by atoms with Crippen molar-refractivity contribution in [3.63, 3.8) is 0 Å². The number of benzene rings is 1. The predicted octanol–water partition coefficient (Wildman–Crippen LogP) is 3.72. The maximum absolute atomic E-state index is 12.5. The van der Waals surface area contributed by atoms with Crippen molar-refractivity contribution in [1.82, 2.24) is 14.4 Å². The van der Waals surface area contributed by atoms with Gasteiger partial charge in [-0.05, 0) is 24.3 Å². The van der Waals surface area contributed by atoms with Gasteiger partial charge in [0.15, 0.2) is 4.96 Å². The Labute approximate surface area is 147 Å². The first-order valence-electron chi connectivity index (χ1n) is 7.58. The van der Waals surface area contributed by atoms with Crippen LogP contribution in [0.5, 0.6) is 5.75 Å². The summed E-state index contributed by atoms with van der Waals surface area (Å²) in [6, 6.07) is 13.0. The highest BCUT2D eigenvalue weighted by Crippen LogP contribution is 2.26. The average Bonchev–Trinajstić information content (AvgIpc) is 3.23. The largest absolute Gasteiger partial charge is 0.497 e. The van der Waals surface area contributed by atoms with E-state index in [1.165, 1.54) is 11.3 Å². The number of thiazole rings is 1. The van der Waals surface area contributed by atoms with Crippen LogP contribution in [0.15, 0.2) is 60.2 Å². The molecule has 6 nitrogen and oxygen atoms in total. The summed E-state index contributed by atoms with van der Waals surface area (Å²) in [5, 5.41) is 4.58. The van der Waals surface area contributed by atoms with Crippen molar-refractivity contribution in [2.75, 3.05) is 12.4 Å². The summed E-state index contributed by atoms with van der Waals surface area (Å²) in [6.45, 7) is 0. The molecule has 0 spiro atoms. The van der Waals surface area contributed by atoms with Crippen LogP contribution < -0.4 is 10.1 Å². The van der Waals surface area contributed by atoms with Crippen LogP contribution in [0.2, 0.25) is 0 Å². The van der Waals surface area contributed by atoms with Crippen molar-refractivity contribution < 1.29 is 9.53 Å². The molecule has 3 heterocycles. The summed E-state index contributed by atoms with van der Waals surface area (Å²) in [5.41, 5.74) is 2.25. The monoisotopic (exact) mass is 350 g/mol. The molecule has 1 amide bonds. The fourth-order valence-electron chi connectivity index (χ4n) is 2.49. The fourth-order valence-corrected chi connectivity index (χ4v) is 3.34. The second kappa shape index (κ2) is 6.37. The Morgan fingerprint density at radius 3 is 2.96 bits per heavy atom. The Balaban J connectivity index is 1.67. The number of imidazole rings is 1. The van der Waals surface area contributed by atoms with Gasteiger partial charge in [-0.1, -0.05) is 18.2 Å². The number of aromatic nitrogens is 3. The lowest BCUT2D eigenvalue weighted by atomic mass is 10.1. The molecule has 0 saturated heterocycles. The molecule has 0 radical (unpaired) electrons. The number of pyridine rings is 1. The highest BCUT2D eigenvalue weighted by Gasteiger charge is 2.16. The van der Waals surface area contributed by atoms with Crippen molar-refractivity contribution in [3.05, 3.63) is 65.9 Å². The first-order chi connectivity index (χ1) is 12.2. The Bertz CT molecular complexity index is 1040.